The summed E-state index contributed by atoms with van der Waals surface area (Å²) >= 11 is 0. The first kappa shape index (κ1) is 15.1. The maximum atomic E-state index is 11.9. The third kappa shape index (κ3) is 3.36. The highest BCUT2D eigenvalue weighted by atomic mass is 16.1. The van der Waals surface area contributed by atoms with Gasteiger partial charge in [0, 0.05) is 17.7 Å². The predicted molar refractivity (Wildman–Crippen MR) is 89.0 cm³/mol. The maximum absolute atomic E-state index is 11.9. The van der Waals surface area contributed by atoms with E-state index in [0.717, 1.165) is 22.8 Å². The molecule has 0 aliphatic heterocycles. The number of nitrogens with zero attached hydrogens (tertiary/aromatic N) is 4. The summed E-state index contributed by atoms with van der Waals surface area (Å²) in [5, 5.41) is 15.5. The van der Waals surface area contributed by atoms with E-state index in [9.17, 15) is 4.79 Å². The maximum Gasteiger partial charge on any atom is 0.224 e. The average Bonchev–Trinajstić information content (AvgIpc) is 2.87. The van der Waals surface area contributed by atoms with Crippen molar-refractivity contribution in [3.8, 4) is 11.3 Å². The summed E-state index contributed by atoms with van der Waals surface area (Å²) in [4.78, 5) is 11.9. The average molecular weight is 309 g/mol. The largest absolute Gasteiger partial charge is 0.326 e. The number of hydrogen-bond acceptors (Lipinski definition) is 4. The molecule has 1 amide bonds. The zero-order chi connectivity index (χ0) is 16.4. The summed E-state index contributed by atoms with van der Waals surface area (Å²) in [5.74, 6) is 1.09. The molecule has 0 fully saturated rings. The van der Waals surface area contributed by atoms with Gasteiger partial charge in [0.25, 0.3) is 0 Å². The van der Waals surface area contributed by atoms with Crippen LogP contribution in [-0.4, -0.2) is 25.7 Å². The number of hydrogen-bond donors (Lipinski definition) is 1. The highest BCUT2D eigenvalue weighted by Crippen LogP contribution is 2.21. The van der Waals surface area contributed by atoms with Crippen LogP contribution in [0.4, 0.5) is 5.69 Å². The molecule has 1 aromatic carbocycles. The standard InChI is InChI=1S/C17H19N5O/c1-11(2)9-17(23)18-14-6-4-5-13(10-14)15-7-8-16-20-19-12(3)22(16)21-15/h4-8,10-11H,9H2,1-3H3,(H,18,23). The van der Waals surface area contributed by atoms with E-state index in [4.69, 9.17) is 0 Å². The second kappa shape index (κ2) is 6.16. The molecule has 0 bridgehead atoms. The van der Waals surface area contributed by atoms with Crippen molar-refractivity contribution in [1.29, 1.82) is 0 Å². The van der Waals surface area contributed by atoms with E-state index in [1.807, 2.05) is 57.2 Å². The Hall–Kier alpha value is -2.76. The Balaban J connectivity index is 1.88. The Morgan fingerprint density at radius 2 is 2.04 bits per heavy atom. The van der Waals surface area contributed by atoms with Gasteiger partial charge in [0.15, 0.2) is 11.5 Å². The number of fused-ring (bicyclic) bond motifs is 1. The van der Waals surface area contributed by atoms with Crippen LogP contribution in [0, 0.1) is 12.8 Å². The third-order valence-corrected chi connectivity index (χ3v) is 3.45. The monoisotopic (exact) mass is 309 g/mol. The van der Waals surface area contributed by atoms with Gasteiger partial charge in [-0.05, 0) is 37.1 Å². The molecule has 3 rings (SSSR count). The van der Waals surface area contributed by atoms with Gasteiger partial charge >= 0.3 is 0 Å². The van der Waals surface area contributed by atoms with Crippen LogP contribution in [0.15, 0.2) is 36.4 Å². The Bertz CT molecular complexity index is 853. The van der Waals surface area contributed by atoms with Crippen LogP contribution in [0.25, 0.3) is 16.9 Å². The van der Waals surface area contributed by atoms with E-state index in [0.29, 0.717) is 18.0 Å². The smallest absolute Gasteiger partial charge is 0.224 e. The van der Waals surface area contributed by atoms with E-state index >= 15 is 0 Å². The summed E-state index contributed by atoms with van der Waals surface area (Å²) in [7, 11) is 0. The lowest BCUT2D eigenvalue weighted by atomic mass is 10.1. The zero-order valence-corrected chi connectivity index (χ0v) is 13.4. The topological polar surface area (TPSA) is 72.2 Å². The van der Waals surface area contributed by atoms with Crippen molar-refractivity contribution in [1.82, 2.24) is 19.8 Å². The minimum atomic E-state index is 0.0233. The Morgan fingerprint density at radius 1 is 1.22 bits per heavy atom. The molecule has 2 aromatic heterocycles. The van der Waals surface area contributed by atoms with Crippen LogP contribution in [0.3, 0.4) is 0 Å². The lowest BCUT2D eigenvalue weighted by Crippen LogP contribution is -2.13. The molecule has 0 aliphatic rings. The molecule has 3 aromatic rings. The molecule has 6 nitrogen and oxygen atoms in total. The fourth-order valence-corrected chi connectivity index (χ4v) is 2.39. The van der Waals surface area contributed by atoms with Gasteiger partial charge in [-0.2, -0.15) is 9.61 Å². The summed E-state index contributed by atoms with van der Waals surface area (Å²) < 4.78 is 1.71. The number of nitrogens with one attached hydrogen (secondary N) is 1. The first-order chi connectivity index (χ1) is 11.0. The number of benzene rings is 1. The van der Waals surface area contributed by atoms with E-state index in [1.54, 1.807) is 4.52 Å². The van der Waals surface area contributed by atoms with E-state index < -0.39 is 0 Å². The first-order valence-corrected chi connectivity index (χ1v) is 7.62. The molecule has 0 saturated heterocycles. The van der Waals surface area contributed by atoms with Crippen LogP contribution in [0.5, 0.6) is 0 Å². The Kier molecular flexibility index (Phi) is 4.06. The lowest BCUT2D eigenvalue weighted by molar-refractivity contribution is -0.116. The Morgan fingerprint density at radius 3 is 2.83 bits per heavy atom. The lowest BCUT2D eigenvalue weighted by Gasteiger charge is -2.09. The predicted octanol–water partition coefficient (Wildman–Crippen LogP) is 3.08. The molecular formula is C17H19N5O. The van der Waals surface area contributed by atoms with Crippen molar-refractivity contribution in [3.63, 3.8) is 0 Å². The fraction of sp³-hybridized carbons (Fsp3) is 0.294. The van der Waals surface area contributed by atoms with Gasteiger partial charge in [0.1, 0.15) is 0 Å². The molecule has 23 heavy (non-hydrogen) atoms. The zero-order valence-electron chi connectivity index (χ0n) is 13.4. The van der Waals surface area contributed by atoms with Crippen molar-refractivity contribution < 1.29 is 4.79 Å². The van der Waals surface area contributed by atoms with Gasteiger partial charge in [0.05, 0.1) is 5.69 Å². The minimum Gasteiger partial charge on any atom is -0.326 e. The molecule has 0 spiro atoms. The molecule has 0 radical (unpaired) electrons. The number of aromatic nitrogens is 4. The quantitative estimate of drug-likeness (QED) is 0.804. The molecule has 0 atom stereocenters. The van der Waals surface area contributed by atoms with Gasteiger partial charge in [0.2, 0.25) is 5.91 Å². The molecule has 0 saturated carbocycles. The van der Waals surface area contributed by atoms with Crippen LogP contribution >= 0.6 is 0 Å². The summed E-state index contributed by atoms with van der Waals surface area (Å²) in [5.41, 5.74) is 3.23. The van der Waals surface area contributed by atoms with Gasteiger partial charge < -0.3 is 5.32 Å². The van der Waals surface area contributed by atoms with Crippen molar-refractivity contribution in [2.45, 2.75) is 27.2 Å². The van der Waals surface area contributed by atoms with Crippen LogP contribution in [0.2, 0.25) is 0 Å². The second-order valence-corrected chi connectivity index (χ2v) is 5.96. The van der Waals surface area contributed by atoms with E-state index in [-0.39, 0.29) is 5.91 Å². The van der Waals surface area contributed by atoms with Crippen molar-refractivity contribution in [2.75, 3.05) is 5.32 Å². The number of aryl methyl sites for hydroxylation is 1. The summed E-state index contributed by atoms with van der Waals surface area (Å²) in [6.07, 6.45) is 0.508. The first-order valence-electron chi connectivity index (χ1n) is 7.62. The highest BCUT2D eigenvalue weighted by Gasteiger charge is 2.08. The number of carbonyl (C=O) groups excluding carboxylic acids is 1. The van der Waals surface area contributed by atoms with Gasteiger partial charge in [-0.3, -0.25) is 4.79 Å². The van der Waals surface area contributed by atoms with Crippen LogP contribution in [0.1, 0.15) is 26.1 Å². The van der Waals surface area contributed by atoms with Gasteiger partial charge in [-0.15, -0.1) is 10.2 Å². The summed E-state index contributed by atoms with van der Waals surface area (Å²) in [6, 6.07) is 11.5. The van der Waals surface area contributed by atoms with Crippen LogP contribution in [-0.2, 0) is 4.79 Å². The van der Waals surface area contributed by atoms with E-state index in [1.165, 1.54) is 0 Å². The van der Waals surface area contributed by atoms with E-state index in [2.05, 4.69) is 20.6 Å². The normalized spacial score (nSPS) is 11.1. The minimum absolute atomic E-state index is 0.0233. The highest BCUT2D eigenvalue weighted by molar-refractivity contribution is 5.91. The van der Waals surface area contributed by atoms with Crippen molar-refractivity contribution >= 4 is 17.2 Å². The number of carbonyl (C=O) groups is 1. The summed E-state index contributed by atoms with van der Waals surface area (Å²) in [6.45, 7) is 5.91. The van der Waals surface area contributed by atoms with Gasteiger partial charge in [-0.25, -0.2) is 0 Å². The molecule has 6 heteroatoms. The second-order valence-electron chi connectivity index (χ2n) is 5.96. The Labute approximate surface area is 134 Å². The number of anilines is 1. The molecule has 2 heterocycles. The fourth-order valence-electron chi connectivity index (χ4n) is 2.39. The van der Waals surface area contributed by atoms with Crippen LogP contribution < -0.4 is 5.32 Å². The molecule has 0 aliphatic carbocycles. The third-order valence-electron chi connectivity index (χ3n) is 3.45. The van der Waals surface area contributed by atoms with Gasteiger partial charge in [-0.1, -0.05) is 26.0 Å². The molecule has 118 valence electrons. The van der Waals surface area contributed by atoms with Crippen molar-refractivity contribution in [2.24, 2.45) is 5.92 Å². The van der Waals surface area contributed by atoms with Crippen molar-refractivity contribution in [3.05, 3.63) is 42.2 Å². The number of rotatable bonds is 4. The number of amides is 1. The molecular weight excluding hydrogens is 290 g/mol. The molecule has 0 unspecified atom stereocenters. The SMILES string of the molecule is Cc1nnc2ccc(-c3cccc(NC(=O)CC(C)C)c3)nn12. The molecule has 1 N–H and O–H groups in total.